The van der Waals surface area contributed by atoms with Gasteiger partial charge in [-0.25, -0.2) is 0 Å². The molecule has 3 N–H and O–H groups in total. The molecule has 4 saturated carbocycles. The molecule has 0 aliphatic heterocycles. The molecule has 4 fully saturated rings. The summed E-state index contributed by atoms with van der Waals surface area (Å²) in [6.45, 7) is 9.08. The number of ether oxygens (including phenoxy) is 1. The smallest absolute Gasteiger partial charge is 0.143 e. The van der Waals surface area contributed by atoms with Crippen LogP contribution in [0.15, 0.2) is 0 Å². The molecule has 11 atom stereocenters. The molecule has 4 aliphatic carbocycles. The molecule has 0 aromatic rings. The van der Waals surface area contributed by atoms with E-state index in [0.717, 1.165) is 38.5 Å². The number of hydrogen-bond donors (Lipinski definition) is 3. The highest BCUT2D eigenvalue weighted by Gasteiger charge is 2.64. The van der Waals surface area contributed by atoms with Crippen molar-refractivity contribution in [3.8, 4) is 0 Å². The normalized spacial score (nSPS) is 53.1. The van der Waals surface area contributed by atoms with Gasteiger partial charge >= 0.3 is 0 Å². The van der Waals surface area contributed by atoms with Crippen molar-refractivity contribution in [1.82, 2.24) is 0 Å². The minimum absolute atomic E-state index is 0.0781. The summed E-state index contributed by atoms with van der Waals surface area (Å²) >= 11 is 0. The molecule has 0 aromatic carbocycles. The fourth-order valence-corrected chi connectivity index (χ4v) is 9.21. The van der Waals surface area contributed by atoms with Crippen LogP contribution < -0.4 is 0 Å². The Balaban J connectivity index is 1.61. The quantitative estimate of drug-likeness (QED) is 0.591. The Morgan fingerprint density at radius 1 is 0.931 bits per heavy atom. The third kappa shape index (κ3) is 3.32. The van der Waals surface area contributed by atoms with Crippen LogP contribution in [0.1, 0.15) is 85.5 Å². The van der Waals surface area contributed by atoms with Crippen LogP contribution in [0.2, 0.25) is 0 Å². The molecule has 0 aromatic heterocycles. The van der Waals surface area contributed by atoms with Gasteiger partial charge in [-0.2, -0.15) is 0 Å². The zero-order valence-corrected chi connectivity index (χ0v) is 19.0. The molecule has 4 aliphatic rings. The van der Waals surface area contributed by atoms with Crippen molar-refractivity contribution in [1.29, 1.82) is 0 Å². The standard InChI is InChI=1S/C25H44O4/c1-5-6-16-20-13-22(28)23-18-8-7-17(15(2)29-14-26)24(18,3)11-9-19(23)25(20,4)12-10-21(16)27/h15-23,26-28H,5-14H2,1-4H3/t15-,16-,17?,18?,19?,20?,21+,22+,23?,24+,25+/m0/s1. The van der Waals surface area contributed by atoms with E-state index in [4.69, 9.17) is 4.74 Å². The van der Waals surface area contributed by atoms with Crippen LogP contribution in [-0.2, 0) is 4.74 Å². The Hall–Kier alpha value is -0.160. The number of hydrogen-bond acceptors (Lipinski definition) is 4. The highest BCUT2D eigenvalue weighted by molar-refractivity contribution is 5.13. The summed E-state index contributed by atoms with van der Waals surface area (Å²) in [6, 6.07) is 0. The number of fused-ring (bicyclic) bond motifs is 5. The summed E-state index contributed by atoms with van der Waals surface area (Å²) in [5.74, 6) is 2.81. The second kappa shape index (κ2) is 8.07. The van der Waals surface area contributed by atoms with Crippen LogP contribution in [0.4, 0.5) is 0 Å². The molecule has 4 rings (SSSR count). The van der Waals surface area contributed by atoms with Gasteiger partial charge in [0.25, 0.3) is 0 Å². The summed E-state index contributed by atoms with van der Waals surface area (Å²) in [6.07, 6.45) is 9.51. The molecule has 0 amide bonds. The van der Waals surface area contributed by atoms with Gasteiger partial charge in [0.05, 0.1) is 18.3 Å². The maximum atomic E-state index is 11.5. The summed E-state index contributed by atoms with van der Waals surface area (Å²) in [5.41, 5.74) is 0.465. The van der Waals surface area contributed by atoms with Crippen LogP contribution in [0.3, 0.4) is 0 Å². The second-order valence-electron chi connectivity index (χ2n) is 11.5. The van der Waals surface area contributed by atoms with Crippen LogP contribution >= 0.6 is 0 Å². The monoisotopic (exact) mass is 408 g/mol. The molecule has 4 nitrogen and oxygen atoms in total. The van der Waals surface area contributed by atoms with Crippen molar-refractivity contribution in [2.45, 2.75) is 104 Å². The first-order valence-electron chi connectivity index (χ1n) is 12.4. The summed E-state index contributed by atoms with van der Waals surface area (Å²) in [5, 5.41) is 31.5. The van der Waals surface area contributed by atoms with Crippen LogP contribution in [-0.4, -0.2) is 40.4 Å². The Kier molecular flexibility index (Phi) is 6.14. The average molecular weight is 409 g/mol. The predicted octanol–water partition coefficient (Wildman–Crippen LogP) is 4.36. The van der Waals surface area contributed by atoms with Gasteiger partial charge in [-0.3, -0.25) is 0 Å². The van der Waals surface area contributed by atoms with E-state index in [1.165, 1.54) is 19.3 Å². The number of rotatable bonds is 5. The highest BCUT2D eigenvalue weighted by Crippen LogP contribution is 2.68. The van der Waals surface area contributed by atoms with Gasteiger partial charge in [-0.05, 0) is 105 Å². The molecule has 0 bridgehead atoms. The molecule has 29 heavy (non-hydrogen) atoms. The Morgan fingerprint density at radius 2 is 1.62 bits per heavy atom. The molecular weight excluding hydrogens is 364 g/mol. The number of aliphatic hydroxyl groups excluding tert-OH is 3. The largest absolute Gasteiger partial charge is 0.393 e. The molecular formula is C25H44O4. The third-order valence-electron chi connectivity index (χ3n) is 10.6. The van der Waals surface area contributed by atoms with Crippen molar-refractivity contribution in [3.63, 3.8) is 0 Å². The van der Waals surface area contributed by atoms with Gasteiger partial charge in [0.1, 0.15) is 6.79 Å². The van der Waals surface area contributed by atoms with Gasteiger partial charge in [0.2, 0.25) is 0 Å². The van der Waals surface area contributed by atoms with E-state index in [-0.39, 0.29) is 35.9 Å². The van der Waals surface area contributed by atoms with Gasteiger partial charge in [-0.1, -0.05) is 27.2 Å². The van der Waals surface area contributed by atoms with E-state index in [9.17, 15) is 15.3 Å². The first-order valence-corrected chi connectivity index (χ1v) is 12.4. The first kappa shape index (κ1) is 22.0. The lowest BCUT2D eigenvalue weighted by atomic mass is 9.42. The first-order chi connectivity index (χ1) is 13.8. The highest BCUT2D eigenvalue weighted by atomic mass is 16.6. The van der Waals surface area contributed by atoms with Crippen molar-refractivity contribution in [3.05, 3.63) is 0 Å². The average Bonchev–Trinajstić information content (AvgIpc) is 3.03. The minimum atomic E-state index is -0.236. The fourth-order valence-electron chi connectivity index (χ4n) is 9.21. The zero-order valence-electron chi connectivity index (χ0n) is 19.0. The van der Waals surface area contributed by atoms with Gasteiger partial charge < -0.3 is 20.1 Å². The SMILES string of the molecule is CCC[C@H]1C2C[C@@H](O)C3C4CCC([C@H](C)OCO)[C@@]4(C)CCC3[C@@]2(C)CC[C@H]1O. The molecule has 0 saturated heterocycles. The van der Waals surface area contributed by atoms with E-state index >= 15 is 0 Å². The Labute approximate surface area is 177 Å². The van der Waals surface area contributed by atoms with Crippen molar-refractivity contribution < 1.29 is 20.1 Å². The topological polar surface area (TPSA) is 69.9 Å². The fraction of sp³-hybridized carbons (Fsp3) is 1.00. The lowest BCUT2D eigenvalue weighted by Gasteiger charge is -2.64. The van der Waals surface area contributed by atoms with Gasteiger partial charge in [0.15, 0.2) is 0 Å². The number of aliphatic hydroxyl groups is 3. The lowest BCUT2D eigenvalue weighted by Crippen LogP contribution is -2.61. The van der Waals surface area contributed by atoms with E-state index < -0.39 is 0 Å². The van der Waals surface area contributed by atoms with Crippen LogP contribution in [0.5, 0.6) is 0 Å². The van der Waals surface area contributed by atoms with E-state index in [1.54, 1.807) is 0 Å². The molecule has 4 heteroatoms. The maximum absolute atomic E-state index is 11.5. The third-order valence-corrected chi connectivity index (χ3v) is 10.6. The van der Waals surface area contributed by atoms with E-state index in [2.05, 4.69) is 27.7 Å². The Bertz CT molecular complexity index is 581. The second-order valence-corrected chi connectivity index (χ2v) is 11.5. The molecule has 0 radical (unpaired) electrons. The van der Waals surface area contributed by atoms with Crippen molar-refractivity contribution in [2.75, 3.05) is 6.79 Å². The lowest BCUT2D eigenvalue weighted by molar-refractivity contribution is -0.196. The molecule has 168 valence electrons. The minimum Gasteiger partial charge on any atom is -0.393 e. The van der Waals surface area contributed by atoms with Crippen LogP contribution in [0, 0.1) is 46.3 Å². The van der Waals surface area contributed by atoms with Gasteiger partial charge in [-0.15, -0.1) is 0 Å². The van der Waals surface area contributed by atoms with Crippen molar-refractivity contribution in [2.24, 2.45) is 46.3 Å². The summed E-state index contributed by atoms with van der Waals surface area (Å²) < 4.78 is 5.63. The maximum Gasteiger partial charge on any atom is 0.143 e. The van der Waals surface area contributed by atoms with Crippen molar-refractivity contribution >= 4 is 0 Å². The van der Waals surface area contributed by atoms with Gasteiger partial charge in [0, 0.05) is 0 Å². The summed E-state index contributed by atoms with van der Waals surface area (Å²) in [4.78, 5) is 0. The van der Waals surface area contributed by atoms with Crippen LogP contribution in [0.25, 0.3) is 0 Å². The summed E-state index contributed by atoms with van der Waals surface area (Å²) in [7, 11) is 0. The predicted molar refractivity (Wildman–Crippen MR) is 114 cm³/mol. The Morgan fingerprint density at radius 3 is 2.31 bits per heavy atom. The molecule has 0 heterocycles. The molecule has 5 unspecified atom stereocenters. The van der Waals surface area contributed by atoms with E-state index in [1.807, 2.05) is 0 Å². The molecule has 0 spiro atoms. The zero-order chi connectivity index (χ0) is 21.0. The van der Waals surface area contributed by atoms with E-state index in [0.29, 0.717) is 35.5 Å².